The molecule has 1 atom stereocenters. The van der Waals surface area contributed by atoms with Gasteiger partial charge in [-0.1, -0.05) is 5.16 Å². The van der Waals surface area contributed by atoms with E-state index in [1.165, 1.54) is 6.92 Å². The molecule has 0 saturated carbocycles. The van der Waals surface area contributed by atoms with Gasteiger partial charge in [-0.15, -0.1) is 5.06 Å². The molecule has 0 bridgehead atoms. The summed E-state index contributed by atoms with van der Waals surface area (Å²) >= 11 is 0. The predicted molar refractivity (Wildman–Crippen MR) is 137 cm³/mol. The molecule has 0 spiro atoms. The number of amides is 2. The topological polar surface area (TPSA) is 130 Å². The molecule has 12 nitrogen and oxygen atoms in total. The molecule has 2 aliphatic rings. The molecular weight excluding hydrogens is 492 g/mol. The zero-order chi connectivity index (χ0) is 26.6. The number of piperazine rings is 1. The molecule has 2 aromatic carbocycles. The quantitative estimate of drug-likeness (QED) is 0.463. The van der Waals surface area contributed by atoms with E-state index in [-0.39, 0.29) is 18.0 Å². The highest BCUT2D eigenvalue weighted by molar-refractivity contribution is 5.95. The van der Waals surface area contributed by atoms with Crippen LogP contribution in [0.5, 0.6) is 0 Å². The Balaban J connectivity index is 1.06. The standard InChI is InChI=1S/C26H28N6O6/c1-17(33)19-3-7-21(8-4-19)28-25(34)38-31-13-11-30(12-14-31)15-23-16-32(26(35)36-23)22-9-5-20(6-10-22)24-27-18(2)37-29-24/h3-10,23H,11-16H2,1-2H3,(H,28,34). The van der Waals surface area contributed by atoms with Crippen molar-refractivity contribution in [3.63, 3.8) is 0 Å². The Bertz CT molecular complexity index is 1300. The third kappa shape index (κ3) is 5.98. The van der Waals surface area contributed by atoms with Gasteiger partial charge in [0.15, 0.2) is 5.78 Å². The van der Waals surface area contributed by atoms with Gasteiger partial charge in [-0.3, -0.25) is 19.9 Å². The summed E-state index contributed by atoms with van der Waals surface area (Å²) in [5.74, 6) is 0.950. The highest BCUT2D eigenvalue weighted by Gasteiger charge is 2.34. The highest BCUT2D eigenvalue weighted by Crippen LogP contribution is 2.25. The largest absolute Gasteiger partial charge is 0.443 e. The zero-order valence-electron chi connectivity index (χ0n) is 21.1. The minimum Gasteiger partial charge on any atom is -0.443 e. The van der Waals surface area contributed by atoms with Crippen molar-refractivity contribution in [3.8, 4) is 11.4 Å². The third-order valence-corrected chi connectivity index (χ3v) is 6.38. The van der Waals surface area contributed by atoms with Gasteiger partial charge in [0, 0.05) is 62.1 Å². The van der Waals surface area contributed by atoms with E-state index in [9.17, 15) is 14.4 Å². The molecule has 12 heteroatoms. The SMILES string of the molecule is CC(=O)c1ccc(NC(=O)ON2CCN(CC3CN(c4ccc(-c5noc(C)n5)cc4)C(=O)O3)CC2)cc1. The van der Waals surface area contributed by atoms with Gasteiger partial charge >= 0.3 is 12.2 Å². The number of hydrogen-bond donors (Lipinski definition) is 1. The molecule has 5 rings (SSSR count). The van der Waals surface area contributed by atoms with Crippen molar-refractivity contribution in [2.45, 2.75) is 20.0 Å². The molecule has 1 N–H and O–H groups in total. The van der Waals surface area contributed by atoms with E-state index in [2.05, 4.69) is 20.4 Å². The van der Waals surface area contributed by atoms with Crippen LogP contribution in [0.25, 0.3) is 11.4 Å². The van der Waals surface area contributed by atoms with Crippen LogP contribution in [0.1, 0.15) is 23.2 Å². The molecule has 2 aliphatic heterocycles. The fourth-order valence-corrected chi connectivity index (χ4v) is 4.37. The second kappa shape index (κ2) is 11.0. The number of nitrogens with one attached hydrogen (secondary N) is 1. The van der Waals surface area contributed by atoms with Gasteiger partial charge in [-0.05, 0) is 55.5 Å². The summed E-state index contributed by atoms with van der Waals surface area (Å²) in [5.41, 5.74) is 2.66. The number of carbonyl (C=O) groups excluding carboxylic acids is 3. The number of benzene rings is 2. The minimum absolute atomic E-state index is 0.0391. The summed E-state index contributed by atoms with van der Waals surface area (Å²) in [6.45, 7) is 6.62. The molecule has 1 unspecified atom stereocenters. The van der Waals surface area contributed by atoms with Gasteiger partial charge in [0.05, 0.1) is 6.54 Å². The van der Waals surface area contributed by atoms with Crippen molar-refractivity contribution in [3.05, 3.63) is 60.0 Å². The van der Waals surface area contributed by atoms with Crippen molar-refractivity contribution < 1.29 is 28.5 Å². The van der Waals surface area contributed by atoms with Crippen LogP contribution in [0, 0.1) is 6.92 Å². The highest BCUT2D eigenvalue weighted by atomic mass is 16.7. The zero-order valence-corrected chi connectivity index (χ0v) is 21.1. The van der Waals surface area contributed by atoms with Crippen LogP contribution in [0.2, 0.25) is 0 Å². The first kappa shape index (κ1) is 25.4. The molecule has 38 heavy (non-hydrogen) atoms. The van der Waals surface area contributed by atoms with Crippen LogP contribution in [0.4, 0.5) is 21.0 Å². The first-order valence-electron chi connectivity index (χ1n) is 12.3. The molecule has 0 aliphatic carbocycles. The summed E-state index contributed by atoms with van der Waals surface area (Å²) in [4.78, 5) is 49.5. The Kier molecular flexibility index (Phi) is 7.33. The first-order valence-corrected chi connectivity index (χ1v) is 12.3. The van der Waals surface area contributed by atoms with Crippen LogP contribution in [0.3, 0.4) is 0 Å². The van der Waals surface area contributed by atoms with E-state index in [1.807, 2.05) is 24.3 Å². The van der Waals surface area contributed by atoms with Gasteiger partial charge in [-0.2, -0.15) is 4.98 Å². The number of hydroxylamine groups is 2. The predicted octanol–water partition coefficient (Wildman–Crippen LogP) is 3.35. The molecule has 0 radical (unpaired) electrons. The van der Waals surface area contributed by atoms with Gasteiger partial charge in [0.1, 0.15) is 6.10 Å². The number of ether oxygens (including phenoxy) is 1. The monoisotopic (exact) mass is 520 g/mol. The summed E-state index contributed by atoms with van der Waals surface area (Å²) in [6, 6.07) is 14.0. The summed E-state index contributed by atoms with van der Waals surface area (Å²) < 4.78 is 10.6. The number of cyclic esters (lactones) is 1. The Labute approximate surface area is 219 Å². The van der Waals surface area contributed by atoms with Crippen molar-refractivity contribution in [2.24, 2.45) is 0 Å². The van der Waals surface area contributed by atoms with E-state index < -0.39 is 6.09 Å². The van der Waals surface area contributed by atoms with Crippen LogP contribution in [0.15, 0.2) is 53.1 Å². The number of Topliss-reactive ketones (excluding diaryl/α,β-unsaturated/α-hetero) is 1. The molecule has 3 heterocycles. The van der Waals surface area contributed by atoms with E-state index in [1.54, 1.807) is 41.2 Å². The molecule has 2 saturated heterocycles. The number of rotatable bonds is 7. The van der Waals surface area contributed by atoms with E-state index in [0.29, 0.717) is 62.2 Å². The van der Waals surface area contributed by atoms with Crippen molar-refractivity contribution in [1.82, 2.24) is 20.1 Å². The number of aryl methyl sites for hydroxylation is 1. The third-order valence-electron chi connectivity index (χ3n) is 6.38. The second-order valence-electron chi connectivity index (χ2n) is 9.17. The van der Waals surface area contributed by atoms with Gasteiger partial charge < -0.3 is 14.1 Å². The maximum absolute atomic E-state index is 12.5. The van der Waals surface area contributed by atoms with E-state index >= 15 is 0 Å². The van der Waals surface area contributed by atoms with Crippen LogP contribution in [-0.2, 0) is 9.57 Å². The smallest absolute Gasteiger partial charge is 0.430 e. The lowest BCUT2D eigenvalue weighted by Crippen LogP contribution is -2.49. The first-order chi connectivity index (χ1) is 18.3. The number of carbonyl (C=O) groups is 3. The second-order valence-corrected chi connectivity index (χ2v) is 9.17. The molecule has 3 aromatic rings. The lowest BCUT2D eigenvalue weighted by Gasteiger charge is -2.33. The van der Waals surface area contributed by atoms with Crippen molar-refractivity contribution >= 4 is 29.3 Å². The van der Waals surface area contributed by atoms with E-state index in [0.717, 1.165) is 11.3 Å². The lowest BCUT2D eigenvalue weighted by molar-refractivity contribution is -0.120. The molecule has 2 amide bonds. The number of ketones is 1. The molecular formula is C26H28N6O6. The maximum Gasteiger partial charge on any atom is 0.430 e. The van der Waals surface area contributed by atoms with Gasteiger partial charge in [0.2, 0.25) is 11.7 Å². The summed E-state index contributed by atoms with van der Waals surface area (Å²) in [5, 5.41) is 8.18. The van der Waals surface area contributed by atoms with Crippen LogP contribution < -0.4 is 10.2 Å². The normalized spacial score (nSPS) is 18.3. The Morgan fingerprint density at radius 2 is 1.76 bits per heavy atom. The Hall–Kier alpha value is -4.29. The fourth-order valence-electron chi connectivity index (χ4n) is 4.37. The van der Waals surface area contributed by atoms with Gasteiger partial charge in [-0.25, -0.2) is 9.59 Å². The number of hydrogen-bond acceptors (Lipinski definition) is 10. The average Bonchev–Trinajstić information content (AvgIpc) is 3.50. The fraction of sp³-hybridized carbons (Fsp3) is 0.346. The minimum atomic E-state index is -0.588. The number of aromatic nitrogens is 2. The number of nitrogens with zero attached hydrogens (tertiary/aromatic N) is 5. The van der Waals surface area contributed by atoms with Crippen LogP contribution in [-0.4, -0.2) is 83.4 Å². The molecule has 198 valence electrons. The molecule has 2 fully saturated rings. The van der Waals surface area contributed by atoms with Crippen LogP contribution >= 0.6 is 0 Å². The Morgan fingerprint density at radius 1 is 1.05 bits per heavy atom. The lowest BCUT2D eigenvalue weighted by atomic mass is 10.1. The molecule has 1 aromatic heterocycles. The van der Waals surface area contributed by atoms with Gasteiger partial charge in [0.25, 0.3) is 0 Å². The van der Waals surface area contributed by atoms with Crippen molar-refractivity contribution in [2.75, 3.05) is 49.5 Å². The average molecular weight is 521 g/mol. The van der Waals surface area contributed by atoms with E-state index in [4.69, 9.17) is 14.1 Å². The number of anilines is 2. The van der Waals surface area contributed by atoms with Crippen molar-refractivity contribution in [1.29, 1.82) is 0 Å². The summed E-state index contributed by atoms with van der Waals surface area (Å²) in [7, 11) is 0. The maximum atomic E-state index is 12.5. The Morgan fingerprint density at radius 3 is 2.39 bits per heavy atom. The summed E-state index contributed by atoms with van der Waals surface area (Å²) in [6.07, 6.45) is -1.24.